The van der Waals surface area contributed by atoms with Crippen LogP contribution in [0, 0.1) is 23.6 Å². The van der Waals surface area contributed by atoms with E-state index in [-0.39, 0.29) is 59.0 Å². The van der Waals surface area contributed by atoms with Crippen molar-refractivity contribution in [2.75, 3.05) is 37.6 Å². The molecule has 6 rings (SSSR count). The number of amides is 3. The van der Waals surface area contributed by atoms with Crippen LogP contribution in [-0.4, -0.2) is 77.7 Å². The lowest BCUT2D eigenvalue weighted by atomic mass is 9.92. The number of hydrogen-bond donors (Lipinski definition) is 3. The zero-order valence-corrected chi connectivity index (χ0v) is 30.4. The van der Waals surface area contributed by atoms with E-state index in [2.05, 4.69) is 44.4 Å². The highest BCUT2D eigenvalue weighted by Gasteiger charge is 2.31. The van der Waals surface area contributed by atoms with Gasteiger partial charge in [0.15, 0.2) is 12.4 Å². The molecule has 17 nitrogen and oxygen atoms in total. The summed E-state index contributed by atoms with van der Waals surface area (Å²) < 4.78 is 62.3. The topological polar surface area (TPSA) is 217 Å². The molecular formula is C33H33FN8O9S2. The van der Waals surface area contributed by atoms with E-state index in [1.165, 1.54) is 73.1 Å². The minimum absolute atomic E-state index is 0.0320. The van der Waals surface area contributed by atoms with Gasteiger partial charge in [-0.2, -0.15) is 14.3 Å². The predicted molar refractivity (Wildman–Crippen MR) is 189 cm³/mol. The predicted octanol–water partition coefficient (Wildman–Crippen LogP) is 3.10. The number of hydrogen-bond acceptors (Lipinski definition) is 13. The third-order valence-electron chi connectivity index (χ3n) is 7.60. The number of aromatic carboxylic acids is 1. The van der Waals surface area contributed by atoms with Crippen molar-refractivity contribution in [3.63, 3.8) is 0 Å². The Morgan fingerprint density at radius 2 is 1.87 bits per heavy atom. The van der Waals surface area contributed by atoms with Crippen LogP contribution >= 0.6 is 11.5 Å². The van der Waals surface area contributed by atoms with Gasteiger partial charge in [0.05, 0.1) is 43.8 Å². The van der Waals surface area contributed by atoms with Gasteiger partial charge in [-0.1, -0.05) is 38.0 Å². The van der Waals surface area contributed by atoms with E-state index in [9.17, 15) is 27.2 Å². The zero-order valence-electron chi connectivity index (χ0n) is 28.7. The number of nitrogens with one attached hydrogen (secondary N) is 2. The molecule has 0 aliphatic carbocycles. The monoisotopic (exact) mass is 768 g/mol. The van der Waals surface area contributed by atoms with Gasteiger partial charge in [-0.25, -0.2) is 32.1 Å². The summed E-state index contributed by atoms with van der Waals surface area (Å²) in [6.07, 6.45) is 6.22. The molecule has 0 atom stereocenters. The van der Waals surface area contributed by atoms with E-state index >= 15 is 0 Å². The number of benzene rings is 2. The smallest absolute Gasteiger partial charge is 0.335 e. The Bertz CT molecular complexity index is 2280. The van der Waals surface area contributed by atoms with Gasteiger partial charge in [0, 0.05) is 30.6 Å². The summed E-state index contributed by atoms with van der Waals surface area (Å²) in [6.45, 7) is 5.05. The van der Waals surface area contributed by atoms with Crippen molar-refractivity contribution in [1.29, 1.82) is 0 Å². The number of nitrogens with zero attached hydrogens (tertiary/aromatic N) is 6. The molecule has 4 heterocycles. The molecule has 53 heavy (non-hydrogen) atoms. The number of carbonyl (C=O) groups excluding carboxylic acids is 2. The molecule has 0 fully saturated rings. The second kappa shape index (κ2) is 15.7. The first-order valence-corrected chi connectivity index (χ1v) is 17.9. The maximum atomic E-state index is 14.5. The SMILES string of the molecule is C#CCN1C(=O)COc2cc(F)c(/N=c3\snc4n3CC(C)(C)C4)cc21.COc1cc(OC)nc(NC(=O)NS(=O)(=O)Cc2ccccc2C(=O)O)n1. The maximum Gasteiger partial charge on any atom is 0.335 e. The van der Waals surface area contributed by atoms with Crippen molar-refractivity contribution >= 4 is 56.8 Å². The van der Waals surface area contributed by atoms with E-state index in [0.29, 0.717) is 16.2 Å². The molecule has 2 aliphatic rings. The number of fused-ring (bicyclic) bond motifs is 2. The maximum absolute atomic E-state index is 14.5. The van der Waals surface area contributed by atoms with Crippen LogP contribution in [0.3, 0.4) is 0 Å². The van der Waals surface area contributed by atoms with Gasteiger partial charge in [-0.05, 0) is 23.1 Å². The highest BCUT2D eigenvalue weighted by Crippen LogP contribution is 2.37. The minimum Gasteiger partial charge on any atom is -0.481 e. The Morgan fingerprint density at radius 3 is 2.53 bits per heavy atom. The molecule has 2 aromatic heterocycles. The fourth-order valence-corrected chi connectivity index (χ4v) is 7.10. The van der Waals surface area contributed by atoms with Gasteiger partial charge in [0.25, 0.3) is 5.91 Å². The number of methoxy groups -OCH3 is 2. The van der Waals surface area contributed by atoms with Crippen LogP contribution in [0.1, 0.15) is 35.6 Å². The van der Waals surface area contributed by atoms with Crippen LogP contribution in [0.4, 0.5) is 26.5 Å². The molecule has 0 saturated heterocycles. The van der Waals surface area contributed by atoms with E-state index in [1.807, 2.05) is 4.57 Å². The number of sulfonamides is 1. The van der Waals surface area contributed by atoms with E-state index in [0.717, 1.165) is 18.8 Å². The first kappa shape index (κ1) is 38.2. The summed E-state index contributed by atoms with van der Waals surface area (Å²) in [4.78, 5) is 49.3. The number of carbonyl (C=O) groups is 3. The van der Waals surface area contributed by atoms with E-state index < -0.39 is 33.6 Å². The molecule has 0 spiro atoms. The second-order valence-electron chi connectivity index (χ2n) is 12.2. The van der Waals surface area contributed by atoms with Crippen molar-refractivity contribution in [1.82, 2.24) is 23.6 Å². The number of rotatable bonds is 9. The third-order valence-corrected chi connectivity index (χ3v) is 9.56. The Labute approximate surface area is 306 Å². The number of carboxylic acid groups (broad SMARTS) is 1. The van der Waals surface area contributed by atoms with Gasteiger partial charge in [-0.3, -0.25) is 15.0 Å². The van der Waals surface area contributed by atoms with Gasteiger partial charge in [0.2, 0.25) is 32.5 Å². The molecule has 4 aromatic rings. The summed E-state index contributed by atoms with van der Waals surface area (Å²) in [6, 6.07) is 8.56. The molecule has 0 saturated carbocycles. The molecule has 2 aliphatic heterocycles. The summed E-state index contributed by atoms with van der Waals surface area (Å²) in [5, 5.41) is 11.2. The molecule has 20 heteroatoms. The first-order valence-electron chi connectivity index (χ1n) is 15.5. The van der Waals surface area contributed by atoms with E-state index in [1.54, 1.807) is 4.72 Å². The average molecular weight is 769 g/mol. The molecule has 0 unspecified atom stereocenters. The van der Waals surface area contributed by atoms with Gasteiger partial charge >= 0.3 is 12.0 Å². The molecule has 3 N–H and O–H groups in total. The molecule has 2 aromatic carbocycles. The fraction of sp³-hybridized carbons (Fsp3) is 0.303. The highest BCUT2D eigenvalue weighted by molar-refractivity contribution is 7.89. The summed E-state index contributed by atoms with van der Waals surface area (Å²) in [5.74, 6) is 0.883. The normalized spacial score (nSPS) is 14.5. The lowest BCUT2D eigenvalue weighted by molar-refractivity contribution is -0.121. The summed E-state index contributed by atoms with van der Waals surface area (Å²) >= 11 is 1.24. The Hall–Kier alpha value is -6.07. The van der Waals surface area contributed by atoms with Crippen molar-refractivity contribution in [3.05, 3.63) is 70.0 Å². The number of aromatic nitrogens is 4. The van der Waals surface area contributed by atoms with Crippen molar-refractivity contribution in [2.24, 2.45) is 10.4 Å². The van der Waals surface area contributed by atoms with Gasteiger partial charge < -0.3 is 23.9 Å². The van der Waals surface area contributed by atoms with Crippen LogP contribution in [-0.2, 0) is 33.5 Å². The lowest BCUT2D eigenvalue weighted by Gasteiger charge is -2.28. The number of urea groups is 1. The summed E-state index contributed by atoms with van der Waals surface area (Å²) in [5.41, 5.74) is 0.533. The Balaban J connectivity index is 0.000000204. The Kier molecular flexibility index (Phi) is 11.3. The minimum atomic E-state index is -4.18. The summed E-state index contributed by atoms with van der Waals surface area (Å²) in [7, 11) is -1.50. The molecule has 278 valence electrons. The van der Waals surface area contributed by atoms with E-state index in [4.69, 9.17) is 25.7 Å². The highest BCUT2D eigenvalue weighted by atomic mass is 32.2. The number of anilines is 2. The quantitative estimate of drug-likeness (QED) is 0.210. The average Bonchev–Trinajstić information content (AvgIpc) is 3.60. The fourth-order valence-electron chi connectivity index (χ4n) is 5.28. The molecule has 3 amide bonds. The lowest BCUT2D eigenvalue weighted by Crippen LogP contribution is -2.39. The van der Waals surface area contributed by atoms with Crippen molar-refractivity contribution < 1.29 is 46.5 Å². The molecule has 0 bridgehead atoms. The number of carboxylic acids is 1. The first-order chi connectivity index (χ1) is 25.1. The van der Waals surface area contributed by atoms with Crippen molar-refractivity contribution in [2.45, 2.75) is 32.6 Å². The third kappa shape index (κ3) is 9.24. The second-order valence-corrected chi connectivity index (χ2v) is 14.7. The van der Waals surface area contributed by atoms with Crippen LogP contribution in [0.2, 0.25) is 0 Å². The number of terminal acetylenes is 1. The largest absolute Gasteiger partial charge is 0.481 e. The molecular weight excluding hydrogens is 736 g/mol. The van der Waals surface area contributed by atoms with Crippen LogP contribution in [0.5, 0.6) is 17.5 Å². The zero-order chi connectivity index (χ0) is 38.5. The standard InChI is InChI=1S/C18H17FN4O2S.C15H16N4O7S/c1-4-5-22-13-7-12(11(19)6-14(13)25-9-16(22)24)20-17-23-10-18(2,3)8-15(23)21-26-17;1-25-11-7-12(26-2)17-14(16-11)18-15(22)19-27(23,24)8-9-5-3-4-6-10(9)13(20)21/h1,6-7H,5,8-10H2,2-3H3;3-7H,8H2,1-2H3,(H,20,21)(H2,16,17,18,19,22)/b20-17-;. The Morgan fingerprint density at radius 1 is 1.17 bits per heavy atom. The van der Waals surface area contributed by atoms with Crippen LogP contribution < -0.4 is 34.0 Å². The molecule has 0 radical (unpaired) electrons. The number of ether oxygens (including phenoxy) is 3. The van der Waals surface area contributed by atoms with Crippen LogP contribution in [0.25, 0.3) is 0 Å². The van der Waals surface area contributed by atoms with Gasteiger partial charge in [-0.15, -0.1) is 6.42 Å². The number of halogens is 1. The van der Waals surface area contributed by atoms with Crippen molar-refractivity contribution in [3.8, 4) is 29.9 Å². The van der Waals surface area contributed by atoms with Gasteiger partial charge in [0.1, 0.15) is 17.3 Å². The van der Waals surface area contributed by atoms with Crippen LogP contribution in [0.15, 0.2) is 47.5 Å².